The molecular formula is C20H21NO3S2. The highest BCUT2D eigenvalue weighted by Gasteiger charge is 2.41. The molecule has 0 unspecified atom stereocenters. The van der Waals surface area contributed by atoms with Crippen LogP contribution in [0.5, 0.6) is 5.75 Å². The van der Waals surface area contributed by atoms with Crippen molar-refractivity contribution in [3.8, 4) is 5.75 Å². The van der Waals surface area contributed by atoms with Gasteiger partial charge < -0.3 is 4.74 Å². The molecule has 0 bridgehead atoms. The van der Waals surface area contributed by atoms with Gasteiger partial charge in [-0.3, -0.25) is 9.59 Å². The number of benzene rings is 1. The lowest BCUT2D eigenvalue weighted by Gasteiger charge is -2.16. The smallest absolute Gasteiger partial charge is 0.272 e. The molecule has 6 heteroatoms. The normalized spacial score (nSPS) is 14.7. The van der Waals surface area contributed by atoms with Crippen molar-refractivity contribution in [3.05, 3.63) is 51.6 Å². The number of carbonyl (C=O) groups excluding carboxylic acids is 2. The number of anilines is 1. The van der Waals surface area contributed by atoms with Crippen LogP contribution >= 0.6 is 23.1 Å². The Bertz CT molecular complexity index is 841. The van der Waals surface area contributed by atoms with E-state index in [1.54, 1.807) is 18.2 Å². The monoisotopic (exact) mass is 387 g/mol. The average molecular weight is 388 g/mol. The van der Waals surface area contributed by atoms with Gasteiger partial charge >= 0.3 is 0 Å². The second kappa shape index (κ2) is 8.10. The van der Waals surface area contributed by atoms with Gasteiger partial charge in [0.2, 0.25) is 0 Å². The Morgan fingerprint density at radius 3 is 2.62 bits per heavy atom. The maximum absolute atomic E-state index is 13.1. The highest BCUT2D eigenvalue weighted by molar-refractivity contribution is 8.04. The zero-order chi connectivity index (χ0) is 18.7. The van der Waals surface area contributed by atoms with E-state index in [2.05, 4.69) is 0 Å². The van der Waals surface area contributed by atoms with Crippen LogP contribution < -0.4 is 9.64 Å². The van der Waals surface area contributed by atoms with Gasteiger partial charge in [0.25, 0.3) is 11.8 Å². The van der Waals surface area contributed by atoms with E-state index >= 15 is 0 Å². The van der Waals surface area contributed by atoms with Gasteiger partial charge in [0.15, 0.2) is 0 Å². The molecule has 2 aromatic rings. The molecule has 2 amide bonds. The number of nitrogens with zero attached hydrogens (tertiary/aromatic N) is 1. The van der Waals surface area contributed by atoms with Crippen molar-refractivity contribution < 1.29 is 14.3 Å². The molecule has 136 valence electrons. The standard InChI is InChI=1S/C20H21NO3S2/c1-4-10-24-15-8-5-7-14(12-15)21-19(22)17(16-9-6-11-25-16)18(20(21)23)26-13(2)3/h5-9,11-13H,4,10H2,1-3H3. The fourth-order valence-corrected chi connectivity index (χ4v) is 4.47. The molecule has 0 saturated carbocycles. The first-order valence-corrected chi connectivity index (χ1v) is 10.3. The number of imide groups is 1. The van der Waals surface area contributed by atoms with Gasteiger partial charge in [-0.1, -0.05) is 32.9 Å². The molecule has 0 radical (unpaired) electrons. The van der Waals surface area contributed by atoms with Crippen molar-refractivity contribution >= 4 is 46.2 Å². The van der Waals surface area contributed by atoms with Crippen LogP contribution in [-0.4, -0.2) is 23.7 Å². The number of amides is 2. The Kier molecular flexibility index (Phi) is 5.84. The molecule has 2 heterocycles. The van der Waals surface area contributed by atoms with Crippen LogP contribution in [0.25, 0.3) is 5.57 Å². The first-order chi connectivity index (χ1) is 12.5. The zero-order valence-corrected chi connectivity index (χ0v) is 16.7. The van der Waals surface area contributed by atoms with Gasteiger partial charge in [-0.15, -0.1) is 23.1 Å². The fraction of sp³-hybridized carbons (Fsp3) is 0.300. The van der Waals surface area contributed by atoms with Crippen LogP contribution in [0, 0.1) is 0 Å². The molecule has 26 heavy (non-hydrogen) atoms. The van der Waals surface area contributed by atoms with E-state index in [9.17, 15) is 9.59 Å². The summed E-state index contributed by atoms with van der Waals surface area (Å²) in [7, 11) is 0. The molecule has 0 spiro atoms. The third-order valence-electron chi connectivity index (χ3n) is 3.71. The Morgan fingerprint density at radius 2 is 1.96 bits per heavy atom. The van der Waals surface area contributed by atoms with Gasteiger partial charge in [0, 0.05) is 16.2 Å². The lowest BCUT2D eigenvalue weighted by molar-refractivity contribution is -0.119. The second-order valence-corrected chi connectivity index (χ2v) is 8.67. The SMILES string of the molecule is CCCOc1cccc(N2C(=O)C(SC(C)C)=C(c3cccs3)C2=O)c1. The molecule has 0 atom stereocenters. The van der Waals surface area contributed by atoms with E-state index in [0.717, 1.165) is 11.3 Å². The molecule has 0 saturated heterocycles. The predicted octanol–water partition coefficient (Wildman–Crippen LogP) is 4.96. The summed E-state index contributed by atoms with van der Waals surface area (Å²) in [6, 6.07) is 10.9. The highest BCUT2D eigenvalue weighted by Crippen LogP contribution is 2.41. The van der Waals surface area contributed by atoms with Gasteiger partial charge in [-0.25, -0.2) is 4.90 Å². The Labute approximate surface area is 161 Å². The largest absolute Gasteiger partial charge is 0.494 e. The Hall–Kier alpha value is -2.05. The van der Waals surface area contributed by atoms with Crippen LogP contribution in [0.4, 0.5) is 5.69 Å². The van der Waals surface area contributed by atoms with Crippen molar-refractivity contribution in [1.29, 1.82) is 0 Å². The molecule has 3 rings (SSSR count). The van der Waals surface area contributed by atoms with Gasteiger partial charge in [0.1, 0.15) is 5.75 Å². The summed E-state index contributed by atoms with van der Waals surface area (Å²) in [5.41, 5.74) is 1.05. The van der Waals surface area contributed by atoms with Crippen molar-refractivity contribution in [3.63, 3.8) is 0 Å². The van der Waals surface area contributed by atoms with Crippen LogP contribution in [0.2, 0.25) is 0 Å². The molecule has 0 fully saturated rings. The molecule has 0 aliphatic carbocycles. The van der Waals surface area contributed by atoms with Gasteiger partial charge in [-0.2, -0.15) is 0 Å². The fourth-order valence-electron chi connectivity index (χ4n) is 2.66. The zero-order valence-electron chi connectivity index (χ0n) is 15.0. The van der Waals surface area contributed by atoms with E-state index in [1.165, 1.54) is 28.0 Å². The van der Waals surface area contributed by atoms with E-state index in [0.29, 0.717) is 28.5 Å². The number of carbonyl (C=O) groups is 2. The number of hydrogen-bond acceptors (Lipinski definition) is 5. The maximum Gasteiger partial charge on any atom is 0.272 e. The second-order valence-electron chi connectivity index (χ2n) is 6.14. The Balaban J connectivity index is 1.99. The third-order valence-corrected chi connectivity index (χ3v) is 5.68. The molecular weight excluding hydrogens is 366 g/mol. The number of thioether (sulfide) groups is 1. The van der Waals surface area contributed by atoms with E-state index in [1.807, 2.05) is 44.4 Å². The average Bonchev–Trinajstić information content (AvgIpc) is 3.20. The summed E-state index contributed by atoms with van der Waals surface area (Å²) in [6.07, 6.45) is 0.894. The molecule has 1 aromatic carbocycles. The molecule has 0 N–H and O–H groups in total. The summed E-state index contributed by atoms with van der Waals surface area (Å²) in [5.74, 6) is 0.130. The molecule has 4 nitrogen and oxygen atoms in total. The first kappa shape index (κ1) is 18.7. The summed E-state index contributed by atoms with van der Waals surface area (Å²) in [5, 5.41) is 2.12. The van der Waals surface area contributed by atoms with Crippen LogP contribution in [0.15, 0.2) is 46.7 Å². The number of thiophene rings is 1. The molecule has 1 aromatic heterocycles. The summed E-state index contributed by atoms with van der Waals surface area (Å²) >= 11 is 2.91. The van der Waals surface area contributed by atoms with Gasteiger partial charge in [-0.05, 0) is 30.0 Å². The first-order valence-electron chi connectivity index (χ1n) is 8.59. The minimum Gasteiger partial charge on any atom is -0.494 e. The predicted molar refractivity (Wildman–Crippen MR) is 109 cm³/mol. The Morgan fingerprint density at radius 1 is 1.15 bits per heavy atom. The summed E-state index contributed by atoms with van der Waals surface area (Å²) in [6.45, 7) is 6.66. The lowest BCUT2D eigenvalue weighted by Crippen LogP contribution is -2.31. The van der Waals surface area contributed by atoms with E-state index < -0.39 is 0 Å². The van der Waals surface area contributed by atoms with E-state index in [-0.39, 0.29) is 17.1 Å². The third kappa shape index (κ3) is 3.71. The van der Waals surface area contributed by atoms with E-state index in [4.69, 9.17) is 4.74 Å². The van der Waals surface area contributed by atoms with Gasteiger partial charge in [0.05, 0.1) is 22.8 Å². The summed E-state index contributed by atoms with van der Waals surface area (Å²) in [4.78, 5) is 28.8. The minimum atomic E-state index is -0.270. The van der Waals surface area contributed by atoms with Crippen molar-refractivity contribution in [2.45, 2.75) is 32.4 Å². The number of hydrogen-bond donors (Lipinski definition) is 0. The molecule has 1 aliphatic heterocycles. The number of ether oxygens (including phenoxy) is 1. The summed E-state index contributed by atoms with van der Waals surface area (Å²) < 4.78 is 5.65. The van der Waals surface area contributed by atoms with Crippen LogP contribution in [0.3, 0.4) is 0 Å². The number of rotatable bonds is 7. The highest BCUT2D eigenvalue weighted by atomic mass is 32.2. The van der Waals surface area contributed by atoms with Crippen molar-refractivity contribution in [1.82, 2.24) is 0 Å². The van der Waals surface area contributed by atoms with Crippen LogP contribution in [0.1, 0.15) is 32.1 Å². The quantitative estimate of drug-likeness (QED) is 0.630. The van der Waals surface area contributed by atoms with Crippen molar-refractivity contribution in [2.24, 2.45) is 0 Å². The topological polar surface area (TPSA) is 46.6 Å². The van der Waals surface area contributed by atoms with Crippen LogP contribution in [-0.2, 0) is 9.59 Å². The van der Waals surface area contributed by atoms with Crippen molar-refractivity contribution in [2.75, 3.05) is 11.5 Å². The maximum atomic E-state index is 13.1. The molecule has 1 aliphatic rings. The lowest BCUT2D eigenvalue weighted by atomic mass is 10.2. The minimum absolute atomic E-state index is 0.205.